The first-order chi connectivity index (χ1) is 8.58. The molecule has 1 atom stereocenters. The van der Waals surface area contributed by atoms with E-state index in [-0.39, 0.29) is 17.5 Å². The van der Waals surface area contributed by atoms with Crippen LogP contribution in [0.3, 0.4) is 0 Å². The quantitative estimate of drug-likeness (QED) is 0.816. The molecule has 1 unspecified atom stereocenters. The normalized spacial score (nSPS) is 12.2. The predicted molar refractivity (Wildman–Crippen MR) is 71.0 cm³/mol. The Morgan fingerprint density at radius 1 is 1.50 bits per heavy atom. The smallest absolute Gasteiger partial charge is 0.254 e. The lowest BCUT2D eigenvalue weighted by molar-refractivity contribution is 0.0931. The number of benzene rings is 1. The van der Waals surface area contributed by atoms with Crippen LogP contribution in [-0.4, -0.2) is 18.5 Å². The Kier molecular flexibility index (Phi) is 5.78. The fourth-order valence-corrected chi connectivity index (χ4v) is 1.78. The van der Waals surface area contributed by atoms with Gasteiger partial charge in [-0.2, -0.15) is 0 Å². The molecule has 0 heterocycles. The first kappa shape index (κ1) is 14.6. The number of aryl methyl sites for hydroxylation is 1. The van der Waals surface area contributed by atoms with E-state index < -0.39 is 5.82 Å². The average Bonchev–Trinajstić information content (AvgIpc) is 2.37. The van der Waals surface area contributed by atoms with Gasteiger partial charge < -0.3 is 11.1 Å². The van der Waals surface area contributed by atoms with Crippen LogP contribution in [0.5, 0.6) is 0 Å². The van der Waals surface area contributed by atoms with Crippen LogP contribution in [0, 0.1) is 12.7 Å². The number of halogens is 1. The molecule has 3 N–H and O–H groups in total. The summed E-state index contributed by atoms with van der Waals surface area (Å²) in [4.78, 5) is 11.9. The summed E-state index contributed by atoms with van der Waals surface area (Å²) in [6.45, 7) is 4.28. The van der Waals surface area contributed by atoms with Crippen molar-refractivity contribution in [3.05, 3.63) is 35.1 Å². The van der Waals surface area contributed by atoms with Crippen molar-refractivity contribution in [1.82, 2.24) is 5.32 Å². The predicted octanol–water partition coefficient (Wildman–Crippen LogP) is 2.38. The summed E-state index contributed by atoms with van der Waals surface area (Å²) in [5, 5.41) is 2.78. The first-order valence-electron chi connectivity index (χ1n) is 6.35. The molecule has 0 aromatic heterocycles. The maximum atomic E-state index is 13.5. The second-order valence-corrected chi connectivity index (χ2v) is 4.53. The first-order valence-corrected chi connectivity index (χ1v) is 6.35. The van der Waals surface area contributed by atoms with Gasteiger partial charge in [-0.05, 0) is 25.5 Å². The molecule has 0 bridgehead atoms. The highest BCUT2D eigenvalue weighted by molar-refractivity contribution is 5.94. The molecule has 1 rings (SSSR count). The number of hydrogen-bond acceptors (Lipinski definition) is 2. The van der Waals surface area contributed by atoms with Crippen molar-refractivity contribution in [2.45, 2.75) is 39.2 Å². The zero-order valence-electron chi connectivity index (χ0n) is 11.0. The highest BCUT2D eigenvalue weighted by Crippen LogP contribution is 2.10. The summed E-state index contributed by atoms with van der Waals surface area (Å²) < 4.78 is 13.5. The van der Waals surface area contributed by atoms with E-state index in [1.807, 2.05) is 6.92 Å². The largest absolute Gasteiger partial charge is 0.348 e. The van der Waals surface area contributed by atoms with Crippen LogP contribution < -0.4 is 11.1 Å². The lowest BCUT2D eigenvalue weighted by Crippen LogP contribution is -2.40. The molecular formula is C14H21FN2O. The van der Waals surface area contributed by atoms with Crippen molar-refractivity contribution in [2.75, 3.05) is 6.54 Å². The third kappa shape index (κ3) is 4.11. The molecule has 0 aliphatic carbocycles. The summed E-state index contributed by atoms with van der Waals surface area (Å²) in [5.74, 6) is -0.882. The van der Waals surface area contributed by atoms with E-state index in [0.717, 1.165) is 24.8 Å². The van der Waals surface area contributed by atoms with Crippen molar-refractivity contribution >= 4 is 5.91 Å². The Balaban J connectivity index is 2.71. The molecule has 1 amide bonds. The van der Waals surface area contributed by atoms with Crippen LogP contribution >= 0.6 is 0 Å². The van der Waals surface area contributed by atoms with Crippen molar-refractivity contribution < 1.29 is 9.18 Å². The fraction of sp³-hybridized carbons (Fsp3) is 0.500. The molecule has 1 aromatic carbocycles. The van der Waals surface area contributed by atoms with E-state index in [1.54, 1.807) is 12.1 Å². The van der Waals surface area contributed by atoms with Gasteiger partial charge in [-0.15, -0.1) is 0 Å². The summed E-state index contributed by atoms with van der Waals surface area (Å²) in [6, 6.07) is 4.42. The molecule has 0 saturated carbocycles. The Morgan fingerprint density at radius 3 is 2.83 bits per heavy atom. The van der Waals surface area contributed by atoms with Gasteiger partial charge >= 0.3 is 0 Å². The monoisotopic (exact) mass is 252 g/mol. The molecule has 0 radical (unpaired) electrons. The van der Waals surface area contributed by atoms with Gasteiger partial charge in [-0.25, -0.2) is 4.39 Å². The standard InChI is InChI=1S/C14H21FN2O/c1-3-4-5-11(9-16)17-14(18)12-8-10(2)6-7-13(12)15/h6-8,11H,3-5,9,16H2,1-2H3,(H,17,18). The minimum absolute atomic E-state index is 0.0858. The van der Waals surface area contributed by atoms with Gasteiger partial charge in [0.15, 0.2) is 0 Å². The van der Waals surface area contributed by atoms with Gasteiger partial charge in [0.25, 0.3) is 5.91 Å². The zero-order chi connectivity index (χ0) is 13.5. The van der Waals surface area contributed by atoms with E-state index >= 15 is 0 Å². The molecule has 0 aliphatic heterocycles. The van der Waals surface area contributed by atoms with Crippen LogP contribution in [0.4, 0.5) is 4.39 Å². The molecule has 100 valence electrons. The average molecular weight is 252 g/mol. The second kappa shape index (κ2) is 7.11. The summed E-state index contributed by atoms with van der Waals surface area (Å²) in [6.07, 6.45) is 2.87. The van der Waals surface area contributed by atoms with E-state index in [2.05, 4.69) is 12.2 Å². The zero-order valence-corrected chi connectivity index (χ0v) is 11.0. The van der Waals surface area contributed by atoms with E-state index in [1.165, 1.54) is 6.07 Å². The number of unbranched alkanes of at least 4 members (excludes halogenated alkanes) is 1. The van der Waals surface area contributed by atoms with Gasteiger partial charge in [0, 0.05) is 12.6 Å². The third-order valence-electron chi connectivity index (χ3n) is 2.89. The van der Waals surface area contributed by atoms with Gasteiger partial charge in [0.1, 0.15) is 5.82 Å². The number of hydrogen-bond donors (Lipinski definition) is 2. The molecule has 4 heteroatoms. The Morgan fingerprint density at radius 2 is 2.22 bits per heavy atom. The molecule has 0 saturated heterocycles. The van der Waals surface area contributed by atoms with E-state index in [4.69, 9.17) is 5.73 Å². The number of nitrogens with one attached hydrogen (secondary N) is 1. The lowest BCUT2D eigenvalue weighted by atomic mass is 10.1. The number of nitrogens with two attached hydrogens (primary N) is 1. The number of carbonyl (C=O) groups excluding carboxylic acids is 1. The van der Waals surface area contributed by atoms with Gasteiger partial charge in [-0.1, -0.05) is 31.4 Å². The highest BCUT2D eigenvalue weighted by atomic mass is 19.1. The Labute approximate surface area is 108 Å². The SMILES string of the molecule is CCCCC(CN)NC(=O)c1cc(C)ccc1F. The molecule has 3 nitrogen and oxygen atoms in total. The maximum Gasteiger partial charge on any atom is 0.254 e. The lowest BCUT2D eigenvalue weighted by Gasteiger charge is -2.16. The Bertz CT molecular complexity index is 407. The Hall–Kier alpha value is -1.42. The number of carbonyl (C=O) groups is 1. The second-order valence-electron chi connectivity index (χ2n) is 4.53. The highest BCUT2D eigenvalue weighted by Gasteiger charge is 2.15. The minimum atomic E-state index is -0.496. The van der Waals surface area contributed by atoms with Gasteiger partial charge in [-0.3, -0.25) is 4.79 Å². The summed E-state index contributed by atoms with van der Waals surface area (Å²) in [7, 11) is 0. The van der Waals surface area contributed by atoms with Crippen molar-refractivity contribution in [1.29, 1.82) is 0 Å². The van der Waals surface area contributed by atoms with Crippen LogP contribution in [0.1, 0.15) is 42.1 Å². The summed E-state index contributed by atoms with van der Waals surface area (Å²) >= 11 is 0. The third-order valence-corrected chi connectivity index (χ3v) is 2.89. The molecule has 1 aromatic rings. The van der Waals surface area contributed by atoms with Crippen LogP contribution in [0.2, 0.25) is 0 Å². The summed E-state index contributed by atoms with van der Waals surface area (Å²) in [5.41, 5.74) is 6.55. The molecule has 18 heavy (non-hydrogen) atoms. The van der Waals surface area contributed by atoms with Crippen molar-refractivity contribution in [2.24, 2.45) is 5.73 Å². The molecule has 0 fully saturated rings. The minimum Gasteiger partial charge on any atom is -0.348 e. The van der Waals surface area contributed by atoms with Crippen LogP contribution in [0.15, 0.2) is 18.2 Å². The van der Waals surface area contributed by atoms with Crippen molar-refractivity contribution in [3.8, 4) is 0 Å². The number of rotatable bonds is 6. The van der Waals surface area contributed by atoms with Crippen LogP contribution in [0.25, 0.3) is 0 Å². The van der Waals surface area contributed by atoms with E-state index in [9.17, 15) is 9.18 Å². The topological polar surface area (TPSA) is 55.1 Å². The fourth-order valence-electron chi connectivity index (χ4n) is 1.78. The van der Waals surface area contributed by atoms with Gasteiger partial charge in [0.2, 0.25) is 0 Å². The molecular weight excluding hydrogens is 231 g/mol. The maximum absolute atomic E-state index is 13.5. The van der Waals surface area contributed by atoms with Crippen LogP contribution in [-0.2, 0) is 0 Å². The van der Waals surface area contributed by atoms with E-state index in [0.29, 0.717) is 6.54 Å². The number of amides is 1. The van der Waals surface area contributed by atoms with Gasteiger partial charge in [0.05, 0.1) is 5.56 Å². The van der Waals surface area contributed by atoms with Crippen molar-refractivity contribution in [3.63, 3.8) is 0 Å². The molecule has 0 aliphatic rings. The molecule has 0 spiro atoms.